The van der Waals surface area contributed by atoms with Gasteiger partial charge in [-0.2, -0.15) is 0 Å². The summed E-state index contributed by atoms with van der Waals surface area (Å²) in [7, 11) is 1.72. The Bertz CT molecular complexity index is 2190. The molecule has 212 valence electrons. The average Bonchev–Trinajstić information content (AvgIpc) is 3.30. The van der Waals surface area contributed by atoms with Gasteiger partial charge >= 0.3 is 0 Å². The van der Waals surface area contributed by atoms with Gasteiger partial charge in [-0.05, 0) is 97.9 Å². The molecule has 0 saturated carbocycles. The summed E-state index contributed by atoms with van der Waals surface area (Å²) in [6.07, 6.45) is 0. The number of hydrogen-bond acceptors (Lipinski definition) is 2. The molecule has 0 bridgehead atoms. The molecule has 44 heavy (non-hydrogen) atoms. The van der Waals surface area contributed by atoms with E-state index in [4.69, 9.17) is 4.74 Å². The standard InChI is InChI=1S/C42H33NO/c1-42(2)38-15-9-8-14-36(38)37-24-21-33(27-39(37)42)43(32-19-22-34(44-3)23-20-32)40-25-18-29-11-6-7-13-35(29)41(40)31-17-16-28-10-4-5-12-30(28)26-31/h4-27H,1-3H3. The fraction of sp³-hybridized carbons (Fsp3) is 0.0952. The van der Waals surface area contributed by atoms with E-state index in [-0.39, 0.29) is 5.41 Å². The Hall–Kier alpha value is -5.34. The Labute approximate surface area is 258 Å². The van der Waals surface area contributed by atoms with Gasteiger partial charge in [0, 0.05) is 22.4 Å². The summed E-state index contributed by atoms with van der Waals surface area (Å²) in [5, 5.41) is 4.93. The fourth-order valence-corrected chi connectivity index (χ4v) is 7.08. The van der Waals surface area contributed by atoms with Crippen LogP contribution in [-0.2, 0) is 5.41 Å². The summed E-state index contributed by atoms with van der Waals surface area (Å²) in [5.74, 6) is 0.840. The molecular formula is C42H33NO. The summed E-state index contributed by atoms with van der Waals surface area (Å²) in [6.45, 7) is 4.69. The first-order valence-electron chi connectivity index (χ1n) is 15.2. The maximum atomic E-state index is 5.56. The van der Waals surface area contributed by atoms with Crippen LogP contribution < -0.4 is 9.64 Å². The number of benzene rings is 7. The van der Waals surface area contributed by atoms with Crippen molar-refractivity contribution in [1.29, 1.82) is 0 Å². The van der Waals surface area contributed by atoms with Gasteiger partial charge in [0.1, 0.15) is 5.75 Å². The Morgan fingerprint density at radius 1 is 0.523 bits per heavy atom. The van der Waals surface area contributed by atoms with E-state index in [2.05, 4.69) is 152 Å². The average molecular weight is 568 g/mol. The summed E-state index contributed by atoms with van der Waals surface area (Å²) >= 11 is 0. The molecule has 0 spiro atoms. The lowest BCUT2D eigenvalue weighted by atomic mass is 9.82. The van der Waals surface area contributed by atoms with E-state index in [0.717, 1.165) is 22.8 Å². The van der Waals surface area contributed by atoms with Gasteiger partial charge in [-0.25, -0.2) is 0 Å². The second-order valence-electron chi connectivity index (χ2n) is 12.2. The number of ether oxygens (including phenoxy) is 1. The second-order valence-corrected chi connectivity index (χ2v) is 12.2. The number of methoxy groups -OCH3 is 1. The van der Waals surface area contributed by atoms with Crippen LogP contribution >= 0.6 is 0 Å². The van der Waals surface area contributed by atoms with Crippen LogP contribution in [0.2, 0.25) is 0 Å². The van der Waals surface area contributed by atoms with Gasteiger partial charge in [-0.3, -0.25) is 0 Å². The molecule has 0 radical (unpaired) electrons. The van der Waals surface area contributed by atoms with Crippen LogP contribution in [0, 0.1) is 0 Å². The first kappa shape index (κ1) is 26.3. The Balaban J connectivity index is 1.40. The molecule has 0 aliphatic heterocycles. The smallest absolute Gasteiger partial charge is 0.119 e. The lowest BCUT2D eigenvalue weighted by Gasteiger charge is -2.30. The predicted molar refractivity (Wildman–Crippen MR) is 186 cm³/mol. The van der Waals surface area contributed by atoms with Crippen LogP contribution in [-0.4, -0.2) is 7.11 Å². The molecule has 0 unspecified atom stereocenters. The van der Waals surface area contributed by atoms with Crippen LogP contribution in [0.25, 0.3) is 43.8 Å². The lowest BCUT2D eigenvalue weighted by Crippen LogP contribution is -2.17. The van der Waals surface area contributed by atoms with Crippen molar-refractivity contribution < 1.29 is 4.74 Å². The van der Waals surface area contributed by atoms with Gasteiger partial charge in [0.05, 0.1) is 12.8 Å². The molecule has 1 aliphatic rings. The first-order chi connectivity index (χ1) is 21.5. The van der Waals surface area contributed by atoms with Crippen molar-refractivity contribution in [2.24, 2.45) is 0 Å². The van der Waals surface area contributed by atoms with Crippen molar-refractivity contribution in [3.05, 3.63) is 157 Å². The molecule has 0 fully saturated rings. The van der Waals surface area contributed by atoms with Crippen LogP contribution in [0.5, 0.6) is 5.75 Å². The van der Waals surface area contributed by atoms with Crippen LogP contribution in [0.4, 0.5) is 17.1 Å². The maximum absolute atomic E-state index is 5.56. The summed E-state index contributed by atoms with van der Waals surface area (Å²) in [4.78, 5) is 2.41. The molecule has 0 N–H and O–H groups in total. The zero-order valence-electron chi connectivity index (χ0n) is 25.2. The number of hydrogen-bond donors (Lipinski definition) is 0. The second kappa shape index (κ2) is 10.1. The molecule has 8 rings (SSSR count). The van der Waals surface area contributed by atoms with E-state index in [1.807, 2.05) is 12.1 Å². The molecule has 0 atom stereocenters. The molecular weight excluding hydrogens is 534 g/mol. The SMILES string of the molecule is COc1ccc(N(c2ccc3c(c2)C(C)(C)c2ccccc2-3)c2ccc3ccccc3c2-c2ccc3ccccc3c2)cc1. The van der Waals surface area contributed by atoms with Crippen molar-refractivity contribution in [3.8, 4) is 28.0 Å². The van der Waals surface area contributed by atoms with Crippen molar-refractivity contribution >= 4 is 38.6 Å². The minimum atomic E-state index is -0.0991. The molecule has 0 amide bonds. The molecule has 0 heterocycles. The summed E-state index contributed by atoms with van der Waals surface area (Å²) in [5.41, 5.74) is 11.0. The van der Waals surface area contributed by atoms with Gasteiger partial charge < -0.3 is 9.64 Å². The highest BCUT2D eigenvalue weighted by Gasteiger charge is 2.36. The van der Waals surface area contributed by atoms with Crippen LogP contribution in [0.1, 0.15) is 25.0 Å². The molecule has 1 aliphatic carbocycles. The van der Waals surface area contributed by atoms with Gasteiger partial charge in [0.15, 0.2) is 0 Å². The lowest BCUT2D eigenvalue weighted by molar-refractivity contribution is 0.415. The first-order valence-corrected chi connectivity index (χ1v) is 15.2. The topological polar surface area (TPSA) is 12.5 Å². The highest BCUT2D eigenvalue weighted by Crippen LogP contribution is 2.51. The molecule has 7 aromatic carbocycles. The van der Waals surface area contributed by atoms with E-state index in [0.29, 0.717) is 0 Å². The normalized spacial score (nSPS) is 13.1. The molecule has 2 nitrogen and oxygen atoms in total. The molecule has 7 aromatic rings. The Morgan fingerprint density at radius 2 is 1.18 bits per heavy atom. The van der Waals surface area contributed by atoms with Crippen molar-refractivity contribution in [2.45, 2.75) is 19.3 Å². The Kier molecular flexibility index (Phi) is 6.06. The van der Waals surface area contributed by atoms with E-state index in [1.165, 1.54) is 54.9 Å². The highest BCUT2D eigenvalue weighted by molar-refractivity contribution is 6.07. The van der Waals surface area contributed by atoms with Crippen LogP contribution in [0.15, 0.2) is 146 Å². The quantitative estimate of drug-likeness (QED) is 0.205. The predicted octanol–water partition coefficient (Wildman–Crippen LogP) is 11.4. The molecule has 0 aromatic heterocycles. The zero-order chi connectivity index (χ0) is 29.8. The maximum Gasteiger partial charge on any atom is 0.119 e. The van der Waals surface area contributed by atoms with Gasteiger partial charge in [-0.15, -0.1) is 0 Å². The largest absolute Gasteiger partial charge is 0.497 e. The number of rotatable bonds is 5. The zero-order valence-corrected chi connectivity index (χ0v) is 25.2. The minimum absolute atomic E-state index is 0.0991. The fourth-order valence-electron chi connectivity index (χ4n) is 7.08. The number of anilines is 3. The highest BCUT2D eigenvalue weighted by atomic mass is 16.5. The Morgan fingerprint density at radius 3 is 2.00 bits per heavy atom. The van der Waals surface area contributed by atoms with Crippen molar-refractivity contribution in [2.75, 3.05) is 12.0 Å². The third-order valence-electron chi connectivity index (χ3n) is 9.34. The van der Waals surface area contributed by atoms with Gasteiger partial charge in [0.2, 0.25) is 0 Å². The number of nitrogens with zero attached hydrogens (tertiary/aromatic N) is 1. The summed E-state index contributed by atoms with van der Waals surface area (Å²) < 4.78 is 5.56. The third-order valence-corrected chi connectivity index (χ3v) is 9.34. The molecule has 0 saturated heterocycles. The minimum Gasteiger partial charge on any atom is -0.497 e. The van der Waals surface area contributed by atoms with E-state index in [1.54, 1.807) is 7.11 Å². The van der Waals surface area contributed by atoms with Crippen LogP contribution in [0.3, 0.4) is 0 Å². The van der Waals surface area contributed by atoms with Crippen molar-refractivity contribution in [1.82, 2.24) is 0 Å². The summed E-state index contributed by atoms with van der Waals surface area (Å²) in [6, 6.07) is 52.9. The third kappa shape index (κ3) is 4.10. The molecule has 2 heteroatoms. The van der Waals surface area contributed by atoms with Crippen molar-refractivity contribution in [3.63, 3.8) is 0 Å². The van der Waals surface area contributed by atoms with E-state index in [9.17, 15) is 0 Å². The van der Waals surface area contributed by atoms with Gasteiger partial charge in [0.25, 0.3) is 0 Å². The van der Waals surface area contributed by atoms with Gasteiger partial charge in [-0.1, -0.05) is 111 Å². The monoisotopic (exact) mass is 567 g/mol. The van der Waals surface area contributed by atoms with E-state index >= 15 is 0 Å². The number of fused-ring (bicyclic) bond motifs is 5. The van der Waals surface area contributed by atoms with E-state index < -0.39 is 0 Å².